The number of Topliss-reactive ketones (excluding diaryl/α,β-unsaturated/α-hetero) is 1. The van der Waals surface area contributed by atoms with E-state index in [-0.39, 0.29) is 11.5 Å². The van der Waals surface area contributed by atoms with Gasteiger partial charge in [-0.05, 0) is 43.3 Å². The molecule has 0 aliphatic rings. The van der Waals surface area contributed by atoms with Crippen LogP contribution in [0.1, 0.15) is 27.8 Å². The predicted molar refractivity (Wildman–Crippen MR) is 68.6 cm³/mol. The molecule has 1 aromatic heterocycles. The van der Waals surface area contributed by atoms with Gasteiger partial charge in [0.15, 0.2) is 5.78 Å². The number of ketones is 1. The Morgan fingerprint density at radius 2 is 1.79 bits per heavy atom. The van der Waals surface area contributed by atoms with Crippen LogP contribution in [0.4, 0.5) is 10.1 Å². The summed E-state index contributed by atoms with van der Waals surface area (Å²) < 4.78 is 12.9. The van der Waals surface area contributed by atoms with E-state index < -0.39 is 11.9 Å². The van der Waals surface area contributed by atoms with Crippen molar-refractivity contribution in [3.63, 3.8) is 0 Å². The molecule has 2 aromatic rings. The number of carbonyl (C=O) groups is 2. The van der Waals surface area contributed by atoms with Crippen molar-refractivity contribution in [2.75, 3.05) is 5.32 Å². The summed E-state index contributed by atoms with van der Waals surface area (Å²) in [4.78, 5) is 26.4. The molecule has 0 unspecified atom stereocenters. The molecule has 0 spiro atoms. The van der Waals surface area contributed by atoms with E-state index >= 15 is 0 Å². The summed E-state index contributed by atoms with van der Waals surface area (Å²) >= 11 is 0. The maximum atomic E-state index is 12.9. The number of pyridine rings is 1. The van der Waals surface area contributed by atoms with Crippen molar-refractivity contribution in [3.8, 4) is 0 Å². The highest BCUT2D eigenvalue weighted by Crippen LogP contribution is 2.11. The van der Waals surface area contributed by atoms with Gasteiger partial charge >= 0.3 is 0 Å². The zero-order valence-corrected chi connectivity index (χ0v) is 10.2. The van der Waals surface area contributed by atoms with Crippen LogP contribution in [0.25, 0.3) is 0 Å². The SMILES string of the molecule is CC(=O)c1ccc(NC(=O)c2cccc(F)n2)cc1. The minimum atomic E-state index is -0.709. The highest BCUT2D eigenvalue weighted by atomic mass is 19.1. The summed E-state index contributed by atoms with van der Waals surface area (Å²) in [6, 6.07) is 10.4. The molecule has 0 radical (unpaired) electrons. The second kappa shape index (κ2) is 5.39. The van der Waals surface area contributed by atoms with E-state index in [0.717, 1.165) is 0 Å². The van der Waals surface area contributed by atoms with Gasteiger partial charge in [0.05, 0.1) is 0 Å². The third kappa shape index (κ3) is 3.22. The van der Waals surface area contributed by atoms with Crippen molar-refractivity contribution < 1.29 is 14.0 Å². The predicted octanol–water partition coefficient (Wildman–Crippen LogP) is 2.68. The van der Waals surface area contributed by atoms with Crippen molar-refractivity contribution in [1.29, 1.82) is 0 Å². The lowest BCUT2D eigenvalue weighted by Gasteiger charge is -2.05. The molecule has 1 heterocycles. The highest BCUT2D eigenvalue weighted by molar-refractivity contribution is 6.03. The number of halogens is 1. The molecule has 2 rings (SSSR count). The lowest BCUT2D eigenvalue weighted by molar-refractivity contribution is 0.101. The molecule has 0 aliphatic heterocycles. The molecule has 0 aliphatic carbocycles. The first-order valence-electron chi connectivity index (χ1n) is 5.61. The Morgan fingerprint density at radius 3 is 2.37 bits per heavy atom. The summed E-state index contributed by atoms with van der Waals surface area (Å²) in [5.41, 5.74) is 1.07. The first kappa shape index (κ1) is 12.9. The van der Waals surface area contributed by atoms with Crippen LogP contribution in [-0.4, -0.2) is 16.7 Å². The van der Waals surface area contributed by atoms with E-state index in [0.29, 0.717) is 11.3 Å². The van der Waals surface area contributed by atoms with Crippen LogP contribution in [0.5, 0.6) is 0 Å². The Morgan fingerprint density at radius 1 is 1.11 bits per heavy atom. The zero-order valence-electron chi connectivity index (χ0n) is 10.2. The number of nitrogens with zero attached hydrogens (tertiary/aromatic N) is 1. The first-order valence-corrected chi connectivity index (χ1v) is 5.61. The Balaban J connectivity index is 2.13. The van der Waals surface area contributed by atoms with Gasteiger partial charge in [-0.1, -0.05) is 6.07 Å². The van der Waals surface area contributed by atoms with E-state index in [4.69, 9.17) is 0 Å². The lowest BCUT2D eigenvalue weighted by atomic mass is 10.1. The van der Waals surface area contributed by atoms with Crippen LogP contribution in [-0.2, 0) is 0 Å². The molecule has 0 fully saturated rings. The largest absolute Gasteiger partial charge is 0.321 e. The average molecular weight is 258 g/mol. The number of nitrogens with one attached hydrogen (secondary N) is 1. The van der Waals surface area contributed by atoms with Crippen molar-refractivity contribution in [3.05, 3.63) is 59.7 Å². The molecule has 0 saturated carbocycles. The lowest BCUT2D eigenvalue weighted by Crippen LogP contribution is -2.14. The minimum absolute atomic E-state index is 0.00403. The van der Waals surface area contributed by atoms with Gasteiger partial charge in [0.2, 0.25) is 5.95 Å². The molecule has 5 heteroatoms. The van der Waals surface area contributed by atoms with Crippen LogP contribution in [0, 0.1) is 5.95 Å². The van der Waals surface area contributed by atoms with E-state index in [2.05, 4.69) is 10.3 Å². The zero-order chi connectivity index (χ0) is 13.8. The molecule has 0 saturated heterocycles. The number of hydrogen-bond donors (Lipinski definition) is 1. The smallest absolute Gasteiger partial charge is 0.274 e. The number of rotatable bonds is 3. The van der Waals surface area contributed by atoms with Gasteiger partial charge in [0, 0.05) is 11.3 Å². The quantitative estimate of drug-likeness (QED) is 0.680. The fourth-order valence-electron chi connectivity index (χ4n) is 1.52. The number of hydrogen-bond acceptors (Lipinski definition) is 3. The van der Waals surface area contributed by atoms with Crippen molar-refractivity contribution in [2.45, 2.75) is 6.92 Å². The minimum Gasteiger partial charge on any atom is -0.321 e. The second-order valence-electron chi connectivity index (χ2n) is 3.93. The van der Waals surface area contributed by atoms with Gasteiger partial charge < -0.3 is 5.32 Å². The van der Waals surface area contributed by atoms with Crippen LogP contribution < -0.4 is 5.32 Å². The summed E-state index contributed by atoms with van der Waals surface area (Å²) in [5, 5.41) is 2.57. The molecular formula is C14H11FN2O2. The molecule has 0 bridgehead atoms. The van der Waals surface area contributed by atoms with Gasteiger partial charge in [-0.25, -0.2) is 4.98 Å². The molecule has 19 heavy (non-hydrogen) atoms. The molecular weight excluding hydrogens is 247 g/mol. The Kier molecular flexibility index (Phi) is 3.66. The summed E-state index contributed by atoms with van der Waals surface area (Å²) in [7, 11) is 0. The van der Waals surface area contributed by atoms with Crippen LogP contribution in [0.3, 0.4) is 0 Å². The summed E-state index contributed by atoms with van der Waals surface area (Å²) in [6.45, 7) is 1.46. The Labute approximate surface area is 109 Å². The number of carbonyl (C=O) groups excluding carboxylic acids is 2. The Hall–Kier alpha value is -2.56. The first-order chi connectivity index (χ1) is 9.06. The second-order valence-corrected chi connectivity index (χ2v) is 3.93. The molecule has 4 nitrogen and oxygen atoms in total. The van der Waals surface area contributed by atoms with Crippen LogP contribution in [0.15, 0.2) is 42.5 Å². The number of aromatic nitrogens is 1. The van der Waals surface area contributed by atoms with E-state index in [9.17, 15) is 14.0 Å². The summed E-state index contributed by atoms with van der Waals surface area (Å²) in [6.07, 6.45) is 0. The van der Waals surface area contributed by atoms with Crippen molar-refractivity contribution in [1.82, 2.24) is 4.98 Å². The highest BCUT2D eigenvalue weighted by Gasteiger charge is 2.08. The topological polar surface area (TPSA) is 59.1 Å². The van der Waals surface area contributed by atoms with Gasteiger partial charge in [-0.15, -0.1) is 0 Å². The monoisotopic (exact) mass is 258 g/mol. The molecule has 1 aromatic carbocycles. The van der Waals surface area contributed by atoms with E-state index in [1.807, 2.05) is 0 Å². The van der Waals surface area contributed by atoms with Gasteiger partial charge in [0.1, 0.15) is 5.69 Å². The Bertz CT molecular complexity index is 624. The number of benzene rings is 1. The maximum absolute atomic E-state index is 12.9. The third-order valence-electron chi connectivity index (χ3n) is 2.50. The van der Waals surface area contributed by atoms with Crippen LogP contribution >= 0.6 is 0 Å². The standard InChI is InChI=1S/C14H11FN2O2/c1-9(18)10-5-7-11(8-6-10)16-14(19)12-3-2-4-13(15)17-12/h2-8H,1H3,(H,16,19). The molecule has 1 N–H and O–H groups in total. The summed E-state index contributed by atoms with van der Waals surface area (Å²) in [5.74, 6) is -1.26. The normalized spacial score (nSPS) is 10.0. The van der Waals surface area contributed by atoms with Crippen molar-refractivity contribution >= 4 is 17.4 Å². The van der Waals surface area contributed by atoms with Crippen LogP contribution in [0.2, 0.25) is 0 Å². The third-order valence-corrected chi connectivity index (χ3v) is 2.50. The molecule has 1 amide bonds. The van der Waals surface area contributed by atoms with E-state index in [1.54, 1.807) is 24.3 Å². The average Bonchev–Trinajstić information content (AvgIpc) is 2.39. The van der Waals surface area contributed by atoms with Gasteiger partial charge in [-0.3, -0.25) is 9.59 Å². The van der Waals surface area contributed by atoms with Gasteiger partial charge in [-0.2, -0.15) is 4.39 Å². The maximum Gasteiger partial charge on any atom is 0.274 e. The van der Waals surface area contributed by atoms with Crippen molar-refractivity contribution in [2.24, 2.45) is 0 Å². The number of anilines is 1. The van der Waals surface area contributed by atoms with Gasteiger partial charge in [0.25, 0.3) is 5.91 Å². The number of amides is 1. The van der Waals surface area contributed by atoms with E-state index in [1.165, 1.54) is 25.1 Å². The fourth-order valence-corrected chi connectivity index (χ4v) is 1.52. The fraction of sp³-hybridized carbons (Fsp3) is 0.0714. The molecule has 0 atom stereocenters. The molecule has 96 valence electrons.